The van der Waals surface area contributed by atoms with Crippen molar-refractivity contribution in [1.82, 2.24) is 0 Å². The molecule has 1 heterocycles. The summed E-state index contributed by atoms with van der Waals surface area (Å²) in [4.78, 5) is 13.5. The molecule has 0 spiro atoms. The van der Waals surface area contributed by atoms with Crippen LogP contribution in [0.15, 0.2) is 109 Å². The van der Waals surface area contributed by atoms with Gasteiger partial charge in [0.25, 0.3) is 0 Å². The number of hydrogen-bond acceptors (Lipinski definition) is 2. The van der Waals surface area contributed by atoms with E-state index < -0.39 is 5.60 Å². The lowest BCUT2D eigenvalue weighted by Gasteiger charge is -2.31. The molecule has 172 valence electrons. The van der Waals surface area contributed by atoms with E-state index in [-0.39, 0.29) is 5.97 Å². The molecule has 0 atom stereocenters. The van der Waals surface area contributed by atoms with Crippen molar-refractivity contribution in [3.8, 4) is 0 Å². The van der Waals surface area contributed by atoms with Gasteiger partial charge in [-0.25, -0.2) is 4.79 Å². The molecule has 0 saturated carbocycles. The van der Waals surface area contributed by atoms with Crippen LogP contribution in [0.3, 0.4) is 0 Å². The fourth-order valence-corrected chi connectivity index (χ4v) is 5.72. The predicted molar refractivity (Wildman–Crippen MR) is 147 cm³/mol. The number of carbonyl (C=O) groups excluding carboxylic acids is 1. The highest BCUT2D eigenvalue weighted by Crippen LogP contribution is 2.49. The van der Waals surface area contributed by atoms with E-state index in [0.29, 0.717) is 5.56 Å². The summed E-state index contributed by atoms with van der Waals surface area (Å²) < 4.78 is 6.48. The fraction of sp³-hybridized carbons (Fsp3) is 0.0882. The third-order valence-corrected chi connectivity index (χ3v) is 7.54. The van der Waals surface area contributed by atoms with Crippen LogP contribution in [0.5, 0.6) is 0 Å². The topological polar surface area (TPSA) is 26.3 Å². The lowest BCUT2D eigenvalue weighted by molar-refractivity contribution is 0.0252. The zero-order valence-electron chi connectivity index (χ0n) is 20.2. The normalized spacial score (nSPS) is 14.3. The SMILES string of the molecule is Cc1ccc2ccc(C3(c4ccc5ccc(C)cc5c4)OC(=O)c4cc5ccccc5cc43)cc2c1. The molecule has 0 unspecified atom stereocenters. The van der Waals surface area contributed by atoms with E-state index in [1.54, 1.807) is 0 Å². The van der Waals surface area contributed by atoms with Gasteiger partial charge in [0.2, 0.25) is 0 Å². The molecule has 0 amide bonds. The lowest BCUT2D eigenvalue weighted by atomic mass is 9.78. The van der Waals surface area contributed by atoms with E-state index in [0.717, 1.165) is 49.0 Å². The highest BCUT2D eigenvalue weighted by Gasteiger charge is 2.49. The van der Waals surface area contributed by atoms with Crippen molar-refractivity contribution in [2.24, 2.45) is 0 Å². The van der Waals surface area contributed by atoms with Crippen LogP contribution < -0.4 is 0 Å². The van der Waals surface area contributed by atoms with Crippen LogP contribution in [0.25, 0.3) is 32.3 Å². The highest BCUT2D eigenvalue weighted by molar-refractivity contribution is 6.02. The van der Waals surface area contributed by atoms with Crippen LogP contribution in [-0.2, 0) is 10.3 Å². The molecule has 0 fully saturated rings. The molecular formula is C34H24O2. The van der Waals surface area contributed by atoms with Crippen LogP contribution in [0.2, 0.25) is 0 Å². The van der Waals surface area contributed by atoms with Gasteiger partial charge >= 0.3 is 5.97 Å². The molecule has 2 nitrogen and oxygen atoms in total. The van der Waals surface area contributed by atoms with Gasteiger partial charge in [0.05, 0.1) is 5.56 Å². The summed E-state index contributed by atoms with van der Waals surface area (Å²) in [6.45, 7) is 4.20. The van der Waals surface area contributed by atoms with Crippen LogP contribution in [0.1, 0.15) is 38.2 Å². The second kappa shape index (κ2) is 7.53. The Morgan fingerprint density at radius 2 is 1.06 bits per heavy atom. The largest absolute Gasteiger partial charge is 0.441 e. The van der Waals surface area contributed by atoms with Gasteiger partial charge < -0.3 is 4.74 Å². The van der Waals surface area contributed by atoms with Crippen LogP contribution in [-0.4, -0.2) is 5.97 Å². The van der Waals surface area contributed by atoms with Gasteiger partial charge in [-0.3, -0.25) is 0 Å². The zero-order chi connectivity index (χ0) is 24.4. The monoisotopic (exact) mass is 464 g/mol. The lowest BCUT2D eigenvalue weighted by Crippen LogP contribution is -2.29. The number of benzene rings is 6. The molecule has 0 radical (unpaired) electrons. The Hall–Kier alpha value is -4.43. The minimum Gasteiger partial charge on any atom is -0.441 e. The van der Waals surface area contributed by atoms with Gasteiger partial charge in [-0.2, -0.15) is 0 Å². The number of carbonyl (C=O) groups is 1. The minimum absolute atomic E-state index is 0.288. The number of rotatable bonds is 2. The standard InChI is InChI=1S/C34H24O2/c1-21-7-9-23-11-13-29(17-27(23)15-21)34(30-14-12-24-10-8-22(2)16-28(24)18-30)32-20-26-6-4-3-5-25(26)19-31(32)33(35)36-34/h3-20H,1-2H3. The molecule has 0 N–H and O–H groups in total. The van der Waals surface area contributed by atoms with Gasteiger partial charge in [-0.15, -0.1) is 0 Å². The van der Waals surface area contributed by atoms with Crippen molar-refractivity contribution in [1.29, 1.82) is 0 Å². The first-order chi connectivity index (χ1) is 17.5. The average Bonchev–Trinajstić information content (AvgIpc) is 3.18. The van der Waals surface area contributed by atoms with Crippen LogP contribution in [0, 0.1) is 13.8 Å². The Bertz CT molecular complexity index is 1780. The Morgan fingerprint density at radius 3 is 1.64 bits per heavy atom. The first kappa shape index (κ1) is 20.9. The third-order valence-electron chi connectivity index (χ3n) is 7.54. The van der Waals surface area contributed by atoms with Crippen molar-refractivity contribution < 1.29 is 9.53 Å². The van der Waals surface area contributed by atoms with E-state index in [1.807, 2.05) is 24.3 Å². The highest BCUT2D eigenvalue weighted by atomic mass is 16.6. The molecule has 6 aromatic rings. The summed E-state index contributed by atoms with van der Waals surface area (Å²) in [6, 6.07) is 38.0. The number of hydrogen-bond donors (Lipinski definition) is 0. The summed E-state index contributed by atoms with van der Waals surface area (Å²) >= 11 is 0. The Kier molecular flexibility index (Phi) is 4.37. The van der Waals surface area contributed by atoms with Crippen LogP contribution in [0.4, 0.5) is 0 Å². The third kappa shape index (κ3) is 3.01. The minimum atomic E-state index is -1.04. The van der Waals surface area contributed by atoms with Gasteiger partial charge in [-0.1, -0.05) is 96.1 Å². The Balaban J connectivity index is 1.58. The summed E-state index contributed by atoms with van der Waals surface area (Å²) in [5.74, 6) is -0.288. The van der Waals surface area contributed by atoms with E-state index in [2.05, 4.69) is 98.8 Å². The van der Waals surface area contributed by atoms with Gasteiger partial charge in [0.15, 0.2) is 5.60 Å². The molecule has 0 saturated heterocycles. The molecule has 0 aliphatic carbocycles. The van der Waals surface area contributed by atoms with Crippen molar-refractivity contribution in [2.75, 3.05) is 0 Å². The number of fused-ring (bicyclic) bond motifs is 4. The smallest absolute Gasteiger partial charge is 0.340 e. The fourth-order valence-electron chi connectivity index (χ4n) is 5.72. The first-order valence-corrected chi connectivity index (χ1v) is 12.3. The second-order valence-corrected chi connectivity index (χ2v) is 9.95. The van der Waals surface area contributed by atoms with Gasteiger partial charge in [0.1, 0.15) is 0 Å². The van der Waals surface area contributed by atoms with Gasteiger partial charge in [-0.05, 0) is 70.4 Å². The molecule has 0 bridgehead atoms. The summed E-state index contributed by atoms with van der Waals surface area (Å²) in [6.07, 6.45) is 0. The van der Waals surface area contributed by atoms with E-state index in [9.17, 15) is 4.79 Å². The first-order valence-electron chi connectivity index (χ1n) is 12.3. The molecule has 7 rings (SSSR count). The summed E-state index contributed by atoms with van der Waals surface area (Å²) in [5.41, 5.74) is 4.79. The molecule has 1 aliphatic rings. The number of ether oxygens (including phenoxy) is 1. The van der Waals surface area contributed by atoms with Crippen LogP contribution >= 0.6 is 0 Å². The maximum Gasteiger partial charge on any atom is 0.340 e. The van der Waals surface area contributed by atoms with E-state index in [4.69, 9.17) is 4.74 Å². The maximum absolute atomic E-state index is 13.5. The number of esters is 1. The van der Waals surface area contributed by atoms with Gasteiger partial charge in [0, 0.05) is 16.7 Å². The molecule has 2 heteroatoms. The van der Waals surface area contributed by atoms with Crippen molar-refractivity contribution >= 4 is 38.3 Å². The molecule has 1 aliphatic heterocycles. The average molecular weight is 465 g/mol. The molecule has 0 aromatic heterocycles. The van der Waals surface area contributed by atoms with Crippen molar-refractivity contribution in [3.63, 3.8) is 0 Å². The maximum atomic E-state index is 13.5. The molecule has 36 heavy (non-hydrogen) atoms. The Morgan fingerprint density at radius 1 is 0.528 bits per heavy atom. The Labute approximate surface area is 209 Å². The number of aryl methyl sites for hydroxylation is 2. The predicted octanol–water partition coefficient (Wildman–Crippen LogP) is 8.23. The zero-order valence-corrected chi connectivity index (χ0v) is 20.2. The summed E-state index contributed by atoms with van der Waals surface area (Å²) in [5, 5.41) is 6.72. The van der Waals surface area contributed by atoms with Crippen molar-refractivity contribution in [2.45, 2.75) is 19.4 Å². The molecule has 6 aromatic carbocycles. The molecular weight excluding hydrogens is 440 g/mol. The second-order valence-electron chi connectivity index (χ2n) is 9.95. The van der Waals surface area contributed by atoms with Crippen molar-refractivity contribution in [3.05, 3.63) is 143 Å². The quantitative estimate of drug-likeness (QED) is 0.241. The number of cyclic esters (lactones) is 1. The van der Waals surface area contributed by atoms with E-state index >= 15 is 0 Å². The van der Waals surface area contributed by atoms with E-state index in [1.165, 1.54) is 11.1 Å². The summed E-state index contributed by atoms with van der Waals surface area (Å²) in [7, 11) is 0.